The van der Waals surface area contributed by atoms with E-state index in [1.165, 1.54) is 6.07 Å². The van der Waals surface area contributed by atoms with Crippen LogP contribution < -0.4 is 0 Å². The van der Waals surface area contributed by atoms with Crippen molar-refractivity contribution in [2.45, 2.75) is 32.9 Å². The van der Waals surface area contributed by atoms with Crippen LogP contribution in [0.5, 0.6) is 0 Å². The molecule has 2 heterocycles. The first-order chi connectivity index (χ1) is 12.0. The molecule has 1 aromatic carbocycles. The normalized spacial score (nSPS) is 18.3. The molecule has 1 saturated heterocycles. The number of carbonyl (C=O) groups excluding carboxylic acids is 1. The van der Waals surface area contributed by atoms with Crippen LogP contribution in [-0.4, -0.2) is 41.0 Å². The van der Waals surface area contributed by atoms with Crippen LogP contribution in [0.25, 0.3) is 0 Å². The van der Waals surface area contributed by atoms with Crippen molar-refractivity contribution >= 4 is 5.91 Å². The molecule has 1 aliphatic heterocycles. The zero-order valence-electron chi connectivity index (χ0n) is 14.7. The van der Waals surface area contributed by atoms with E-state index in [1.807, 2.05) is 19.1 Å². The third-order valence-electron chi connectivity index (χ3n) is 4.60. The number of hydrogen-bond acceptors (Lipinski definition) is 4. The summed E-state index contributed by atoms with van der Waals surface area (Å²) in [4.78, 5) is 16.7. The molecule has 0 spiro atoms. The maximum atomic E-state index is 13.3. The summed E-state index contributed by atoms with van der Waals surface area (Å²) in [5.41, 5.74) is 1.71. The summed E-state index contributed by atoms with van der Waals surface area (Å²) in [5, 5.41) is 3.95. The fourth-order valence-electron chi connectivity index (χ4n) is 3.42. The highest BCUT2D eigenvalue weighted by atomic mass is 19.1. The van der Waals surface area contributed by atoms with Gasteiger partial charge in [0, 0.05) is 26.2 Å². The van der Waals surface area contributed by atoms with Crippen LogP contribution in [0, 0.1) is 18.7 Å². The van der Waals surface area contributed by atoms with Gasteiger partial charge in [-0.1, -0.05) is 17.3 Å². The van der Waals surface area contributed by atoms with Crippen molar-refractivity contribution in [3.8, 4) is 0 Å². The summed E-state index contributed by atoms with van der Waals surface area (Å²) in [7, 11) is 1.80. The van der Waals surface area contributed by atoms with E-state index in [4.69, 9.17) is 4.52 Å². The monoisotopic (exact) mass is 345 g/mol. The zero-order valence-corrected chi connectivity index (χ0v) is 14.7. The maximum Gasteiger partial charge on any atom is 0.227 e. The molecule has 1 atom stereocenters. The maximum absolute atomic E-state index is 13.3. The number of amides is 1. The zero-order chi connectivity index (χ0) is 17.8. The average Bonchev–Trinajstić information content (AvgIpc) is 2.99. The first-order valence-corrected chi connectivity index (χ1v) is 8.65. The third kappa shape index (κ3) is 4.66. The van der Waals surface area contributed by atoms with Crippen molar-refractivity contribution in [2.75, 3.05) is 20.1 Å². The van der Waals surface area contributed by atoms with Gasteiger partial charge in [0.15, 0.2) is 0 Å². The number of aromatic nitrogens is 1. The molecule has 6 heteroatoms. The van der Waals surface area contributed by atoms with Gasteiger partial charge in [0.2, 0.25) is 5.91 Å². The smallest absolute Gasteiger partial charge is 0.227 e. The Balaban J connectivity index is 1.57. The predicted molar refractivity (Wildman–Crippen MR) is 92.1 cm³/mol. The lowest BCUT2D eigenvalue weighted by Gasteiger charge is -2.33. The molecule has 0 radical (unpaired) electrons. The topological polar surface area (TPSA) is 49.6 Å². The largest absolute Gasteiger partial charge is 0.361 e. The quantitative estimate of drug-likeness (QED) is 0.836. The molecule has 0 aliphatic carbocycles. The first kappa shape index (κ1) is 17.6. The highest BCUT2D eigenvalue weighted by Gasteiger charge is 2.28. The summed E-state index contributed by atoms with van der Waals surface area (Å²) in [6.45, 7) is 4.61. The van der Waals surface area contributed by atoms with Gasteiger partial charge in [0.1, 0.15) is 17.3 Å². The molecular weight excluding hydrogens is 321 g/mol. The van der Waals surface area contributed by atoms with Crippen LogP contribution in [0.1, 0.15) is 29.9 Å². The Morgan fingerprint density at radius 1 is 1.44 bits per heavy atom. The van der Waals surface area contributed by atoms with Crippen molar-refractivity contribution in [1.29, 1.82) is 0 Å². The first-order valence-electron chi connectivity index (χ1n) is 8.65. The molecule has 0 bridgehead atoms. The minimum atomic E-state index is -0.218. The fourth-order valence-corrected chi connectivity index (χ4v) is 3.42. The van der Waals surface area contributed by atoms with E-state index in [2.05, 4.69) is 10.1 Å². The van der Waals surface area contributed by atoms with Crippen molar-refractivity contribution in [3.05, 3.63) is 53.2 Å². The Morgan fingerprint density at radius 2 is 2.28 bits per heavy atom. The minimum Gasteiger partial charge on any atom is -0.361 e. The van der Waals surface area contributed by atoms with Gasteiger partial charge >= 0.3 is 0 Å². The van der Waals surface area contributed by atoms with Crippen molar-refractivity contribution in [1.82, 2.24) is 15.0 Å². The number of nitrogens with zero attached hydrogens (tertiary/aromatic N) is 3. The van der Waals surface area contributed by atoms with E-state index in [9.17, 15) is 9.18 Å². The Bertz CT molecular complexity index is 731. The van der Waals surface area contributed by atoms with Crippen LogP contribution in [0.2, 0.25) is 0 Å². The molecule has 0 saturated carbocycles. The van der Waals surface area contributed by atoms with Crippen molar-refractivity contribution < 1.29 is 13.7 Å². The number of rotatable bonds is 5. The molecule has 0 unspecified atom stereocenters. The summed E-state index contributed by atoms with van der Waals surface area (Å²) >= 11 is 0. The van der Waals surface area contributed by atoms with Gasteiger partial charge in [0.25, 0.3) is 0 Å². The highest BCUT2D eigenvalue weighted by Crippen LogP contribution is 2.21. The highest BCUT2D eigenvalue weighted by molar-refractivity contribution is 5.78. The molecular formula is C19H24FN3O2. The molecule has 25 heavy (non-hydrogen) atoms. The lowest BCUT2D eigenvalue weighted by molar-refractivity contribution is -0.136. The standard InChI is InChI=1S/C19H24FN3O2/c1-14-9-18(21-25-14)13-22(2)19(24)16-6-4-8-23(12-16)11-15-5-3-7-17(20)10-15/h3,5,7,9-10,16H,4,6,8,11-13H2,1-2H3/t16-/m1/s1. The summed E-state index contributed by atoms with van der Waals surface area (Å²) in [6, 6.07) is 8.51. The van der Waals surface area contributed by atoms with Gasteiger partial charge in [-0.15, -0.1) is 0 Å². The summed E-state index contributed by atoms with van der Waals surface area (Å²) in [5.74, 6) is 0.629. The second kappa shape index (κ2) is 7.78. The number of benzene rings is 1. The van der Waals surface area contributed by atoms with Crippen LogP contribution >= 0.6 is 0 Å². The molecule has 5 nitrogen and oxygen atoms in total. The van der Waals surface area contributed by atoms with Crippen LogP contribution in [0.4, 0.5) is 4.39 Å². The number of carbonyl (C=O) groups is 1. The van der Waals surface area contributed by atoms with Crippen LogP contribution in [-0.2, 0) is 17.9 Å². The predicted octanol–water partition coefficient (Wildman–Crippen LogP) is 2.99. The molecule has 0 N–H and O–H groups in total. The Morgan fingerprint density at radius 3 is 3.00 bits per heavy atom. The SMILES string of the molecule is Cc1cc(CN(C)C(=O)[C@@H]2CCCN(Cc3cccc(F)c3)C2)no1. The average molecular weight is 345 g/mol. The number of likely N-dealkylation sites (tertiary alicyclic amines) is 1. The van der Waals surface area contributed by atoms with Gasteiger partial charge in [0.05, 0.1) is 12.5 Å². The van der Waals surface area contributed by atoms with E-state index >= 15 is 0 Å². The number of hydrogen-bond donors (Lipinski definition) is 0. The van der Waals surface area contributed by atoms with E-state index in [0.717, 1.165) is 36.4 Å². The van der Waals surface area contributed by atoms with E-state index in [1.54, 1.807) is 24.1 Å². The number of piperidine rings is 1. The van der Waals surface area contributed by atoms with Crippen molar-refractivity contribution in [2.24, 2.45) is 5.92 Å². The Labute approximate surface area is 147 Å². The summed E-state index contributed by atoms with van der Waals surface area (Å²) < 4.78 is 18.4. The fraction of sp³-hybridized carbons (Fsp3) is 0.474. The van der Waals surface area contributed by atoms with Gasteiger partial charge in [-0.2, -0.15) is 0 Å². The van der Waals surface area contributed by atoms with Crippen molar-refractivity contribution in [3.63, 3.8) is 0 Å². The second-order valence-electron chi connectivity index (χ2n) is 6.83. The van der Waals surface area contributed by atoms with Crippen LogP contribution in [0.3, 0.4) is 0 Å². The molecule has 1 aliphatic rings. The van der Waals surface area contributed by atoms with Gasteiger partial charge in [-0.05, 0) is 44.0 Å². The van der Waals surface area contributed by atoms with E-state index in [0.29, 0.717) is 19.6 Å². The molecule has 2 aromatic rings. The van der Waals surface area contributed by atoms with Gasteiger partial charge in [-0.25, -0.2) is 4.39 Å². The second-order valence-corrected chi connectivity index (χ2v) is 6.83. The van der Waals surface area contributed by atoms with Crippen LogP contribution in [0.15, 0.2) is 34.9 Å². The van der Waals surface area contributed by atoms with E-state index < -0.39 is 0 Å². The lowest BCUT2D eigenvalue weighted by atomic mass is 9.96. The molecule has 1 aromatic heterocycles. The molecule has 3 rings (SSSR count). The number of aryl methyl sites for hydroxylation is 1. The Kier molecular flexibility index (Phi) is 5.48. The molecule has 1 fully saturated rings. The van der Waals surface area contributed by atoms with Gasteiger partial charge in [-0.3, -0.25) is 9.69 Å². The number of halogens is 1. The lowest BCUT2D eigenvalue weighted by Crippen LogP contribution is -2.43. The molecule has 1 amide bonds. The van der Waals surface area contributed by atoms with E-state index in [-0.39, 0.29) is 17.6 Å². The van der Waals surface area contributed by atoms with Gasteiger partial charge < -0.3 is 9.42 Å². The third-order valence-corrected chi connectivity index (χ3v) is 4.60. The molecule has 134 valence electrons. The Hall–Kier alpha value is -2.21. The minimum absolute atomic E-state index is 0.0275. The summed E-state index contributed by atoms with van der Waals surface area (Å²) in [6.07, 6.45) is 1.86.